The normalized spacial score (nSPS) is 21.5. The Kier molecular flexibility index (Phi) is 8.34. The van der Waals surface area contributed by atoms with Crippen LogP contribution in [-0.2, 0) is 21.4 Å². The highest BCUT2D eigenvalue weighted by Gasteiger charge is 2.50. The molecule has 2 amide bonds. The van der Waals surface area contributed by atoms with Crippen LogP contribution in [0, 0.1) is 11.3 Å². The van der Waals surface area contributed by atoms with Gasteiger partial charge in [-0.15, -0.1) is 0 Å². The van der Waals surface area contributed by atoms with Gasteiger partial charge in [0.2, 0.25) is 5.91 Å². The van der Waals surface area contributed by atoms with Gasteiger partial charge in [-0.05, 0) is 48.2 Å². The Hall–Kier alpha value is -1.97. The molecule has 1 saturated heterocycles. The lowest BCUT2D eigenvalue weighted by Gasteiger charge is -2.51. The summed E-state index contributed by atoms with van der Waals surface area (Å²) in [7, 11) is -1.85. The minimum atomic E-state index is -1.85. The van der Waals surface area contributed by atoms with E-state index in [1.165, 1.54) is 18.2 Å². The Morgan fingerprint density at radius 3 is 2.31 bits per heavy atom. The molecule has 2 aromatic carbocycles. The molecule has 1 aliphatic heterocycles. The molecule has 35 heavy (non-hydrogen) atoms. The van der Waals surface area contributed by atoms with Gasteiger partial charge in [0.15, 0.2) is 0 Å². The molecule has 2 aromatic rings. The van der Waals surface area contributed by atoms with Crippen LogP contribution in [-0.4, -0.2) is 45.2 Å². The van der Waals surface area contributed by atoms with Gasteiger partial charge in [-0.2, -0.15) is 0 Å². The highest BCUT2D eigenvalue weighted by molar-refractivity contribution is 7.82. The number of hydrogen-bond acceptors (Lipinski definition) is 4. The number of benzene rings is 2. The van der Waals surface area contributed by atoms with E-state index in [1.807, 2.05) is 39.8 Å². The molecule has 4 N–H and O–H groups in total. The van der Waals surface area contributed by atoms with E-state index in [0.717, 1.165) is 5.56 Å². The van der Waals surface area contributed by atoms with Gasteiger partial charge in [0.25, 0.3) is 5.91 Å². The average Bonchev–Trinajstić information content (AvgIpc) is 2.78. The van der Waals surface area contributed by atoms with Gasteiger partial charge >= 0.3 is 0 Å². The summed E-state index contributed by atoms with van der Waals surface area (Å²) in [6.07, 6.45) is 0.342. The number of rotatable bonds is 6. The van der Waals surface area contributed by atoms with Crippen molar-refractivity contribution in [1.82, 2.24) is 10.2 Å². The summed E-state index contributed by atoms with van der Waals surface area (Å²) in [6.45, 7) is 8.19. The highest BCUT2D eigenvalue weighted by atomic mass is 35.5. The summed E-state index contributed by atoms with van der Waals surface area (Å²) in [6, 6.07) is 10.6. The van der Waals surface area contributed by atoms with E-state index in [2.05, 4.69) is 5.32 Å². The first-order chi connectivity index (χ1) is 16.3. The van der Waals surface area contributed by atoms with Crippen molar-refractivity contribution in [3.05, 3.63) is 63.6 Å². The first-order valence-electron chi connectivity index (χ1n) is 11.3. The summed E-state index contributed by atoms with van der Waals surface area (Å²) in [5, 5.41) is 20.6. The third-order valence-electron chi connectivity index (χ3n) is 6.71. The minimum absolute atomic E-state index is 0.144. The molecular formula is C25H31Cl2N3O4S. The molecule has 190 valence electrons. The summed E-state index contributed by atoms with van der Waals surface area (Å²) < 4.78 is 11.7. The standard InChI is InChI=1S/C25H31Cl2N3O4S/c1-15(2)21(29-22(31)16-5-10-19(27)20(13-16)35(28)34)23(32)30-12-11-25(33,24(3,4)14-30)17-6-8-18(26)9-7-17/h5-10,13,15,21,33H,11-12,14,28H2,1-4H3,(H,29,31)/t21-,25+,35?/m1/s1. The smallest absolute Gasteiger partial charge is 0.251 e. The summed E-state index contributed by atoms with van der Waals surface area (Å²) in [5.41, 5.74) is -0.833. The Labute approximate surface area is 218 Å². The van der Waals surface area contributed by atoms with Crippen molar-refractivity contribution < 1.29 is 18.9 Å². The van der Waals surface area contributed by atoms with Crippen molar-refractivity contribution >= 4 is 46.0 Å². The number of nitrogens with one attached hydrogen (secondary N) is 1. The maximum absolute atomic E-state index is 13.5. The van der Waals surface area contributed by atoms with Crippen molar-refractivity contribution in [2.45, 2.75) is 50.7 Å². The van der Waals surface area contributed by atoms with Gasteiger partial charge in [-0.25, -0.2) is 9.35 Å². The zero-order chi connectivity index (χ0) is 26.1. The molecule has 0 bridgehead atoms. The fraction of sp³-hybridized carbons (Fsp3) is 0.440. The Morgan fingerprint density at radius 1 is 1.14 bits per heavy atom. The van der Waals surface area contributed by atoms with Crippen molar-refractivity contribution in [1.29, 1.82) is 0 Å². The molecule has 0 spiro atoms. The predicted octanol–water partition coefficient (Wildman–Crippen LogP) is 3.88. The van der Waals surface area contributed by atoms with Crippen LogP contribution in [0.15, 0.2) is 47.4 Å². The second-order valence-corrected chi connectivity index (χ2v) is 11.8. The molecule has 3 atom stereocenters. The zero-order valence-electron chi connectivity index (χ0n) is 20.2. The van der Waals surface area contributed by atoms with Crippen LogP contribution in [0.2, 0.25) is 10.0 Å². The summed E-state index contributed by atoms with van der Waals surface area (Å²) >= 11 is 12.0. The lowest BCUT2D eigenvalue weighted by molar-refractivity contribution is -0.155. The molecule has 10 heteroatoms. The number of nitrogens with zero attached hydrogens (tertiary/aromatic N) is 1. The quantitative estimate of drug-likeness (QED) is 0.516. The first kappa shape index (κ1) is 27.6. The second-order valence-electron chi connectivity index (χ2n) is 9.90. The van der Waals surface area contributed by atoms with Crippen molar-refractivity contribution in [2.75, 3.05) is 13.1 Å². The second kappa shape index (κ2) is 10.6. The average molecular weight is 541 g/mol. The Morgan fingerprint density at radius 2 is 1.77 bits per heavy atom. The summed E-state index contributed by atoms with van der Waals surface area (Å²) in [4.78, 5) is 28.3. The Balaban J connectivity index is 1.79. The van der Waals surface area contributed by atoms with Gasteiger partial charge in [0.05, 0.1) is 15.5 Å². The molecule has 7 nitrogen and oxygen atoms in total. The molecule has 1 aliphatic rings. The zero-order valence-corrected chi connectivity index (χ0v) is 22.5. The van der Waals surface area contributed by atoms with Crippen LogP contribution < -0.4 is 10.5 Å². The van der Waals surface area contributed by atoms with E-state index in [9.17, 15) is 18.9 Å². The van der Waals surface area contributed by atoms with E-state index < -0.39 is 34.0 Å². The van der Waals surface area contributed by atoms with Gasteiger partial charge in [0, 0.05) is 29.1 Å². The van der Waals surface area contributed by atoms with Crippen LogP contribution in [0.25, 0.3) is 0 Å². The number of likely N-dealkylation sites (tertiary alicyclic amines) is 1. The largest absolute Gasteiger partial charge is 0.384 e. The van der Waals surface area contributed by atoms with Gasteiger partial charge in [0.1, 0.15) is 17.0 Å². The van der Waals surface area contributed by atoms with E-state index in [-0.39, 0.29) is 27.3 Å². The van der Waals surface area contributed by atoms with Crippen LogP contribution in [0.3, 0.4) is 0 Å². The lowest BCUT2D eigenvalue weighted by atomic mass is 9.66. The van der Waals surface area contributed by atoms with Gasteiger partial charge in [-0.1, -0.05) is 63.0 Å². The molecule has 1 heterocycles. The fourth-order valence-electron chi connectivity index (χ4n) is 4.50. The maximum atomic E-state index is 13.5. The van der Waals surface area contributed by atoms with Gasteiger partial charge < -0.3 is 15.3 Å². The van der Waals surface area contributed by atoms with Crippen molar-refractivity contribution in [2.24, 2.45) is 16.5 Å². The molecule has 3 rings (SSSR count). The molecule has 1 unspecified atom stereocenters. The summed E-state index contributed by atoms with van der Waals surface area (Å²) in [5.74, 6) is -0.910. The lowest BCUT2D eigenvalue weighted by Crippen LogP contribution is -2.60. The number of carbonyl (C=O) groups is 2. The number of nitrogens with two attached hydrogens (primary N) is 1. The van der Waals surface area contributed by atoms with Crippen LogP contribution >= 0.6 is 23.2 Å². The number of amides is 2. The van der Waals surface area contributed by atoms with Crippen LogP contribution in [0.1, 0.15) is 50.0 Å². The van der Waals surface area contributed by atoms with Crippen LogP contribution in [0.4, 0.5) is 0 Å². The van der Waals surface area contributed by atoms with Gasteiger partial charge in [-0.3, -0.25) is 9.59 Å². The monoisotopic (exact) mass is 539 g/mol. The number of hydrogen-bond donors (Lipinski definition) is 3. The molecule has 0 saturated carbocycles. The maximum Gasteiger partial charge on any atom is 0.251 e. The number of aliphatic hydroxyl groups is 1. The van der Waals surface area contributed by atoms with E-state index >= 15 is 0 Å². The molecular weight excluding hydrogens is 509 g/mol. The first-order valence-corrected chi connectivity index (χ1v) is 13.3. The number of piperidine rings is 1. The van der Waals surface area contributed by atoms with Crippen molar-refractivity contribution in [3.63, 3.8) is 0 Å². The number of halogens is 2. The number of carbonyl (C=O) groups excluding carboxylic acids is 2. The third kappa shape index (κ3) is 5.73. The predicted molar refractivity (Wildman–Crippen MR) is 138 cm³/mol. The van der Waals surface area contributed by atoms with Crippen LogP contribution in [0.5, 0.6) is 0 Å². The molecule has 1 fully saturated rings. The third-order valence-corrected chi connectivity index (χ3v) is 8.18. The molecule has 0 aliphatic carbocycles. The topological polar surface area (TPSA) is 113 Å². The fourth-order valence-corrected chi connectivity index (χ4v) is 5.48. The van der Waals surface area contributed by atoms with E-state index in [4.69, 9.17) is 28.3 Å². The molecule has 0 radical (unpaired) electrons. The minimum Gasteiger partial charge on any atom is -0.384 e. The SMILES string of the molecule is CC(C)[C@@H](NC(=O)c1ccc(Cl)c(S(N)=O)c1)C(=O)N1CC[C@](O)(c2ccc(Cl)cc2)C(C)(C)C1. The van der Waals surface area contributed by atoms with E-state index in [0.29, 0.717) is 24.5 Å². The Bertz CT molecular complexity index is 1140. The van der Waals surface area contributed by atoms with E-state index in [1.54, 1.807) is 17.0 Å². The highest BCUT2D eigenvalue weighted by Crippen LogP contribution is 2.46. The molecule has 0 aromatic heterocycles. The van der Waals surface area contributed by atoms with Crippen molar-refractivity contribution in [3.8, 4) is 0 Å².